The molecule has 1 fully saturated rings. The zero-order valence-electron chi connectivity index (χ0n) is 16.7. The molecule has 2 aromatic heterocycles. The number of nitrogens with two attached hydrogens (primary N) is 1. The van der Waals surface area contributed by atoms with Gasteiger partial charge in [0.05, 0.1) is 43.7 Å². The van der Waals surface area contributed by atoms with Crippen LogP contribution in [0.4, 0.5) is 19.0 Å². The van der Waals surface area contributed by atoms with E-state index in [0.29, 0.717) is 36.7 Å². The highest BCUT2D eigenvalue weighted by molar-refractivity contribution is 5.99. The van der Waals surface area contributed by atoms with Crippen molar-refractivity contribution in [3.63, 3.8) is 0 Å². The van der Waals surface area contributed by atoms with Crippen LogP contribution in [0, 0.1) is 0 Å². The number of rotatable bonds is 2. The topological polar surface area (TPSA) is 103 Å². The van der Waals surface area contributed by atoms with Gasteiger partial charge in [0.2, 0.25) is 0 Å². The van der Waals surface area contributed by atoms with Crippen molar-refractivity contribution in [1.82, 2.24) is 20.1 Å². The second kappa shape index (κ2) is 7.68. The molecular formula is C21H18F3N5O3. The Bertz CT molecular complexity index is 1200. The van der Waals surface area contributed by atoms with Gasteiger partial charge in [0.15, 0.2) is 5.69 Å². The summed E-state index contributed by atoms with van der Waals surface area (Å²) in [6.45, 7) is 1.45. The van der Waals surface area contributed by atoms with E-state index in [0.717, 1.165) is 22.6 Å². The number of benzene rings is 1. The molecule has 0 radical (unpaired) electrons. The average molecular weight is 445 g/mol. The van der Waals surface area contributed by atoms with Crippen LogP contribution in [-0.2, 0) is 28.9 Å². The van der Waals surface area contributed by atoms with Crippen LogP contribution in [-0.4, -0.2) is 45.7 Å². The van der Waals surface area contributed by atoms with Gasteiger partial charge in [-0.05, 0) is 35.9 Å². The van der Waals surface area contributed by atoms with E-state index in [9.17, 15) is 18.0 Å². The quantitative estimate of drug-likeness (QED) is 0.647. The van der Waals surface area contributed by atoms with Crippen molar-refractivity contribution in [2.24, 2.45) is 0 Å². The maximum Gasteiger partial charge on any atom is 0.435 e. The van der Waals surface area contributed by atoms with Gasteiger partial charge in [0.25, 0.3) is 5.91 Å². The summed E-state index contributed by atoms with van der Waals surface area (Å²) in [6.07, 6.45) is -4.59. The van der Waals surface area contributed by atoms with Gasteiger partial charge >= 0.3 is 6.18 Å². The average Bonchev–Trinajstić information content (AvgIpc) is 3.29. The van der Waals surface area contributed by atoms with Gasteiger partial charge in [0.1, 0.15) is 5.82 Å². The highest BCUT2D eigenvalue weighted by Gasteiger charge is 2.35. The van der Waals surface area contributed by atoms with Crippen molar-refractivity contribution in [1.29, 1.82) is 0 Å². The lowest BCUT2D eigenvalue weighted by molar-refractivity contribution is -0.141. The first-order valence-corrected chi connectivity index (χ1v) is 9.91. The summed E-state index contributed by atoms with van der Waals surface area (Å²) in [5.74, 6) is 0.129. The first-order valence-electron chi connectivity index (χ1n) is 9.91. The fourth-order valence-electron chi connectivity index (χ4n) is 4.03. The lowest BCUT2D eigenvalue weighted by Gasteiger charge is -2.35. The van der Waals surface area contributed by atoms with Crippen LogP contribution >= 0.6 is 0 Å². The molecule has 5 rings (SSSR count). The van der Waals surface area contributed by atoms with Crippen molar-refractivity contribution >= 4 is 22.6 Å². The Morgan fingerprint density at radius 1 is 1.09 bits per heavy atom. The summed E-state index contributed by atoms with van der Waals surface area (Å²) in [4.78, 5) is 19.3. The number of hydrogen-bond acceptors (Lipinski definition) is 7. The number of nitrogens with zero attached hydrogens (tertiary/aromatic N) is 4. The number of hydrogen-bond donors (Lipinski definition) is 1. The van der Waals surface area contributed by atoms with Gasteiger partial charge < -0.3 is 20.1 Å². The number of nitrogen functional groups attached to an aromatic ring is 1. The van der Waals surface area contributed by atoms with Crippen LogP contribution < -0.4 is 5.73 Å². The Morgan fingerprint density at radius 2 is 1.91 bits per heavy atom. The fourth-order valence-corrected chi connectivity index (χ4v) is 4.03. The van der Waals surface area contributed by atoms with E-state index in [4.69, 9.17) is 15.2 Å². The van der Waals surface area contributed by atoms with E-state index in [-0.39, 0.29) is 24.8 Å². The first kappa shape index (κ1) is 20.6. The summed E-state index contributed by atoms with van der Waals surface area (Å²) < 4.78 is 49.4. The van der Waals surface area contributed by atoms with E-state index >= 15 is 0 Å². The molecule has 166 valence electrons. The molecule has 11 heteroatoms. The summed E-state index contributed by atoms with van der Waals surface area (Å²) >= 11 is 0. The Hall–Kier alpha value is -3.31. The number of halogens is 3. The molecule has 0 spiro atoms. The molecule has 0 bridgehead atoms. The molecule has 1 aromatic carbocycles. The van der Waals surface area contributed by atoms with Crippen molar-refractivity contribution in [2.75, 3.05) is 25.5 Å². The number of carbonyl (C=O) groups excluding carboxylic acids is 1. The molecule has 0 aliphatic carbocycles. The molecule has 1 atom stereocenters. The number of pyridine rings is 1. The van der Waals surface area contributed by atoms with Crippen molar-refractivity contribution in [3.05, 3.63) is 58.4 Å². The fraction of sp³-hybridized carbons (Fsp3) is 0.333. The number of alkyl halides is 3. The molecule has 2 aliphatic rings. The number of anilines is 1. The highest BCUT2D eigenvalue weighted by Crippen LogP contribution is 2.33. The molecule has 3 aromatic rings. The molecule has 2 N–H and O–H groups in total. The molecule has 0 unspecified atom stereocenters. The summed E-state index contributed by atoms with van der Waals surface area (Å²) in [5, 5.41) is 7.78. The molecule has 2 aliphatic heterocycles. The van der Waals surface area contributed by atoms with E-state index in [1.807, 2.05) is 0 Å². The van der Waals surface area contributed by atoms with E-state index in [1.165, 1.54) is 6.07 Å². The largest absolute Gasteiger partial charge is 0.435 e. The van der Waals surface area contributed by atoms with Gasteiger partial charge in [-0.2, -0.15) is 18.3 Å². The zero-order chi connectivity index (χ0) is 22.5. The molecule has 32 heavy (non-hydrogen) atoms. The van der Waals surface area contributed by atoms with Crippen LogP contribution in [0.1, 0.15) is 38.9 Å². The smallest absolute Gasteiger partial charge is 0.383 e. The van der Waals surface area contributed by atoms with Crippen molar-refractivity contribution in [3.8, 4) is 0 Å². The van der Waals surface area contributed by atoms with Gasteiger partial charge in [-0.25, -0.2) is 4.98 Å². The maximum absolute atomic E-state index is 13.4. The number of morpholine rings is 1. The third-order valence-corrected chi connectivity index (χ3v) is 5.68. The summed E-state index contributed by atoms with van der Waals surface area (Å²) in [5.41, 5.74) is 7.97. The SMILES string of the molecule is Nc1nc2ccc(C(=O)N3CCOC[C@@H]3c3ccc(C(F)(F)F)nn3)cc2c2c1COC2. The molecule has 4 heterocycles. The summed E-state index contributed by atoms with van der Waals surface area (Å²) in [6, 6.07) is 6.57. The Morgan fingerprint density at radius 3 is 2.66 bits per heavy atom. The van der Waals surface area contributed by atoms with Gasteiger partial charge in [-0.15, -0.1) is 5.10 Å². The number of aromatic nitrogens is 3. The van der Waals surface area contributed by atoms with Crippen LogP contribution in [0.2, 0.25) is 0 Å². The van der Waals surface area contributed by atoms with Gasteiger partial charge in [0, 0.05) is 23.1 Å². The zero-order valence-corrected chi connectivity index (χ0v) is 16.7. The Kier molecular flexibility index (Phi) is 4.94. The Labute approximate surface area is 180 Å². The normalized spacial score (nSPS) is 18.7. The third-order valence-electron chi connectivity index (χ3n) is 5.68. The van der Waals surface area contributed by atoms with E-state index < -0.39 is 17.9 Å². The van der Waals surface area contributed by atoms with Gasteiger partial charge in [-0.1, -0.05) is 0 Å². The second-order valence-corrected chi connectivity index (χ2v) is 7.61. The second-order valence-electron chi connectivity index (χ2n) is 7.61. The van der Waals surface area contributed by atoms with E-state index in [2.05, 4.69) is 15.2 Å². The molecular weight excluding hydrogens is 427 g/mol. The molecule has 1 saturated heterocycles. The molecule has 8 nitrogen and oxygen atoms in total. The van der Waals surface area contributed by atoms with Crippen LogP contribution in [0.5, 0.6) is 0 Å². The van der Waals surface area contributed by atoms with Crippen LogP contribution in [0.3, 0.4) is 0 Å². The number of fused-ring (bicyclic) bond motifs is 3. The van der Waals surface area contributed by atoms with Crippen molar-refractivity contribution < 1.29 is 27.4 Å². The molecule has 0 saturated carbocycles. The first-order chi connectivity index (χ1) is 15.3. The number of carbonyl (C=O) groups is 1. The minimum Gasteiger partial charge on any atom is -0.383 e. The number of amides is 1. The lowest BCUT2D eigenvalue weighted by Crippen LogP contribution is -2.43. The predicted molar refractivity (Wildman–Crippen MR) is 106 cm³/mol. The monoisotopic (exact) mass is 445 g/mol. The summed E-state index contributed by atoms with van der Waals surface area (Å²) in [7, 11) is 0. The van der Waals surface area contributed by atoms with Crippen molar-refractivity contribution in [2.45, 2.75) is 25.4 Å². The van der Waals surface area contributed by atoms with Gasteiger partial charge in [-0.3, -0.25) is 4.79 Å². The standard InChI is InChI=1S/C21H18F3N5O3/c22-21(23,24)18-4-3-16(27-28-18)17-10-31-6-5-29(17)20(30)11-1-2-15-12(7-11)13-8-32-9-14(13)19(25)26-15/h1-4,7,17H,5-6,8-10H2,(H2,25,26)/t17-/m1/s1. The minimum absolute atomic E-state index is 0.112. The Balaban J connectivity index is 1.48. The minimum atomic E-state index is -4.59. The van der Waals surface area contributed by atoms with Crippen LogP contribution in [0.15, 0.2) is 30.3 Å². The van der Waals surface area contributed by atoms with E-state index in [1.54, 1.807) is 23.1 Å². The maximum atomic E-state index is 13.4. The number of ether oxygens (including phenoxy) is 2. The molecule has 1 amide bonds. The lowest BCUT2D eigenvalue weighted by atomic mass is 10.0. The predicted octanol–water partition coefficient (Wildman–Crippen LogP) is 2.87. The third kappa shape index (κ3) is 3.53. The highest BCUT2D eigenvalue weighted by atomic mass is 19.4. The van der Waals surface area contributed by atoms with Crippen LogP contribution in [0.25, 0.3) is 10.9 Å².